The molecule has 6 heteroatoms. The van der Waals surface area contributed by atoms with Crippen LogP contribution in [0, 0.1) is 25.7 Å². The fourth-order valence-electron chi connectivity index (χ4n) is 4.95. The molecular weight excluding hydrogens is 314 g/mol. The lowest BCUT2D eigenvalue weighted by molar-refractivity contribution is -0.0249. The third-order valence-corrected chi connectivity index (χ3v) is 6.47. The molecule has 2 aliphatic heterocycles. The highest BCUT2D eigenvalue weighted by Gasteiger charge is 2.44. The third kappa shape index (κ3) is 3.39. The highest BCUT2D eigenvalue weighted by molar-refractivity contribution is 5.44. The van der Waals surface area contributed by atoms with Crippen molar-refractivity contribution in [1.82, 2.24) is 19.8 Å². The van der Waals surface area contributed by atoms with Gasteiger partial charge in [0.1, 0.15) is 5.82 Å². The van der Waals surface area contributed by atoms with Crippen LogP contribution in [0.15, 0.2) is 6.20 Å². The molecule has 3 aliphatic rings. The molecule has 0 amide bonds. The molecule has 3 heterocycles. The number of rotatable bonds is 2. The molecule has 1 aromatic heterocycles. The minimum absolute atomic E-state index is 0.186. The van der Waals surface area contributed by atoms with E-state index in [1.165, 1.54) is 0 Å². The Bertz CT molecular complexity index is 616. The Labute approximate surface area is 150 Å². The van der Waals surface area contributed by atoms with Crippen LogP contribution in [0.1, 0.15) is 24.2 Å². The summed E-state index contributed by atoms with van der Waals surface area (Å²) in [7, 11) is 2.19. The number of aryl methyl sites for hydroxylation is 2. The molecular formula is C19H31N5O. The number of piperazine rings is 1. The summed E-state index contributed by atoms with van der Waals surface area (Å²) in [5.74, 6) is 2.29. The van der Waals surface area contributed by atoms with Crippen molar-refractivity contribution in [1.29, 1.82) is 0 Å². The Morgan fingerprint density at radius 3 is 2.44 bits per heavy atom. The second kappa shape index (κ2) is 6.82. The number of aliphatic hydroxyl groups excluding tert-OH is 1. The van der Waals surface area contributed by atoms with Gasteiger partial charge in [0, 0.05) is 51.5 Å². The number of hydrogen-bond acceptors (Lipinski definition) is 6. The van der Waals surface area contributed by atoms with Crippen LogP contribution < -0.4 is 4.90 Å². The summed E-state index contributed by atoms with van der Waals surface area (Å²) < 4.78 is 0. The molecule has 4 atom stereocenters. The van der Waals surface area contributed by atoms with Gasteiger partial charge in [0.15, 0.2) is 0 Å². The number of hydrogen-bond donors (Lipinski definition) is 1. The quantitative estimate of drug-likeness (QED) is 0.860. The molecule has 1 aliphatic carbocycles. The summed E-state index contributed by atoms with van der Waals surface area (Å²) in [4.78, 5) is 16.5. The number of aliphatic hydroxyl groups is 1. The average molecular weight is 345 g/mol. The van der Waals surface area contributed by atoms with E-state index in [0.29, 0.717) is 17.9 Å². The molecule has 4 rings (SSSR count). The van der Waals surface area contributed by atoms with Gasteiger partial charge in [-0.2, -0.15) is 0 Å². The minimum atomic E-state index is -0.186. The van der Waals surface area contributed by atoms with Crippen LogP contribution in [0.5, 0.6) is 0 Å². The van der Waals surface area contributed by atoms with Crippen LogP contribution in [0.3, 0.4) is 0 Å². The molecule has 0 spiro atoms. The van der Waals surface area contributed by atoms with Crippen molar-refractivity contribution in [3.8, 4) is 0 Å². The zero-order valence-corrected chi connectivity index (χ0v) is 15.7. The fraction of sp³-hybridized carbons (Fsp3) is 0.789. The van der Waals surface area contributed by atoms with Gasteiger partial charge >= 0.3 is 0 Å². The highest BCUT2D eigenvalue weighted by atomic mass is 16.3. The van der Waals surface area contributed by atoms with E-state index in [4.69, 9.17) is 4.98 Å². The topological polar surface area (TPSA) is 55.7 Å². The maximum absolute atomic E-state index is 10.8. The van der Waals surface area contributed by atoms with E-state index in [-0.39, 0.29) is 6.10 Å². The summed E-state index contributed by atoms with van der Waals surface area (Å²) >= 11 is 0. The first-order valence-electron chi connectivity index (χ1n) is 9.67. The van der Waals surface area contributed by atoms with Gasteiger partial charge in [0.25, 0.3) is 0 Å². The van der Waals surface area contributed by atoms with E-state index >= 15 is 0 Å². The Balaban J connectivity index is 1.45. The van der Waals surface area contributed by atoms with Crippen molar-refractivity contribution in [2.75, 3.05) is 51.2 Å². The lowest BCUT2D eigenvalue weighted by Crippen LogP contribution is -2.55. The SMILES string of the molecule is Cc1cnc(C)c(N2C[C@H]3C[C@@H](N4CCN(C)CC4)[C@H](O)C[C@H]3C2)n1. The van der Waals surface area contributed by atoms with Crippen molar-refractivity contribution in [3.63, 3.8) is 0 Å². The predicted molar refractivity (Wildman–Crippen MR) is 98.8 cm³/mol. The second-order valence-electron chi connectivity index (χ2n) is 8.29. The molecule has 3 fully saturated rings. The van der Waals surface area contributed by atoms with Gasteiger partial charge in [0.2, 0.25) is 0 Å². The van der Waals surface area contributed by atoms with E-state index < -0.39 is 0 Å². The van der Waals surface area contributed by atoms with E-state index in [0.717, 1.165) is 69.3 Å². The van der Waals surface area contributed by atoms with Crippen molar-refractivity contribution in [2.24, 2.45) is 11.8 Å². The smallest absolute Gasteiger partial charge is 0.150 e. The van der Waals surface area contributed by atoms with Gasteiger partial charge in [-0.1, -0.05) is 0 Å². The van der Waals surface area contributed by atoms with Gasteiger partial charge in [0.05, 0.1) is 17.5 Å². The zero-order valence-electron chi connectivity index (χ0n) is 15.7. The monoisotopic (exact) mass is 345 g/mol. The molecule has 1 aromatic rings. The largest absolute Gasteiger partial charge is 0.391 e. The third-order valence-electron chi connectivity index (χ3n) is 6.47. The van der Waals surface area contributed by atoms with Crippen molar-refractivity contribution >= 4 is 5.82 Å². The highest BCUT2D eigenvalue weighted by Crippen LogP contribution is 2.40. The Hall–Kier alpha value is -1.24. The van der Waals surface area contributed by atoms with Gasteiger partial charge in [-0.05, 0) is 45.6 Å². The van der Waals surface area contributed by atoms with E-state index in [1.54, 1.807) is 0 Å². The van der Waals surface area contributed by atoms with Crippen LogP contribution in [-0.2, 0) is 0 Å². The van der Waals surface area contributed by atoms with Crippen molar-refractivity contribution < 1.29 is 5.11 Å². The zero-order chi connectivity index (χ0) is 17.6. The molecule has 2 saturated heterocycles. The first-order chi connectivity index (χ1) is 12.0. The minimum Gasteiger partial charge on any atom is -0.391 e. The summed E-state index contributed by atoms with van der Waals surface area (Å²) in [5.41, 5.74) is 1.99. The number of anilines is 1. The number of nitrogens with zero attached hydrogens (tertiary/aromatic N) is 5. The first-order valence-corrected chi connectivity index (χ1v) is 9.67. The van der Waals surface area contributed by atoms with Crippen LogP contribution >= 0.6 is 0 Å². The molecule has 6 nitrogen and oxygen atoms in total. The lowest BCUT2D eigenvalue weighted by atomic mass is 9.77. The molecule has 0 unspecified atom stereocenters. The molecule has 138 valence electrons. The normalized spacial score (nSPS) is 34.3. The standard InChI is InChI=1S/C19H31N5O/c1-13-10-20-14(2)19(21-13)24-11-15-8-17(18(25)9-16(15)12-24)23-6-4-22(3)5-7-23/h10,15-18,25H,4-9,11-12H2,1-3H3/t15-,16+,17-,18-/m1/s1. The summed E-state index contributed by atoms with van der Waals surface area (Å²) in [6, 6.07) is 0.333. The molecule has 1 N–H and O–H groups in total. The Morgan fingerprint density at radius 2 is 1.72 bits per heavy atom. The van der Waals surface area contributed by atoms with Gasteiger partial charge in [-0.25, -0.2) is 4.98 Å². The number of likely N-dealkylation sites (N-methyl/N-ethyl adjacent to an activating group) is 1. The van der Waals surface area contributed by atoms with E-state index in [2.05, 4.69) is 26.7 Å². The van der Waals surface area contributed by atoms with Crippen molar-refractivity contribution in [3.05, 3.63) is 17.6 Å². The summed E-state index contributed by atoms with van der Waals surface area (Å²) in [6.45, 7) is 10.5. The lowest BCUT2D eigenvalue weighted by Gasteiger charge is -2.44. The molecule has 0 aromatic carbocycles. The van der Waals surface area contributed by atoms with Gasteiger partial charge in [-0.15, -0.1) is 0 Å². The Kier molecular flexibility index (Phi) is 4.69. The fourth-order valence-corrected chi connectivity index (χ4v) is 4.95. The number of fused-ring (bicyclic) bond motifs is 1. The maximum atomic E-state index is 10.8. The summed E-state index contributed by atoms with van der Waals surface area (Å²) in [6.07, 6.45) is 3.70. The van der Waals surface area contributed by atoms with Crippen molar-refractivity contribution in [2.45, 2.75) is 38.8 Å². The average Bonchev–Trinajstić information content (AvgIpc) is 2.99. The first kappa shape index (κ1) is 17.2. The van der Waals surface area contributed by atoms with Gasteiger partial charge < -0.3 is 14.9 Å². The molecule has 25 heavy (non-hydrogen) atoms. The van der Waals surface area contributed by atoms with E-state index in [1.807, 2.05) is 20.0 Å². The number of aromatic nitrogens is 2. The van der Waals surface area contributed by atoms with Crippen LogP contribution in [0.4, 0.5) is 5.82 Å². The molecule has 0 bridgehead atoms. The molecule has 1 saturated carbocycles. The van der Waals surface area contributed by atoms with E-state index in [9.17, 15) is 5.11 Å². The van der Waals surface area contributed by atoms with Crippen LogP contribution in [0.2, 0.25) is 0 Å². The van der Waals surface area contributed by atoms with Crippen LogP contribution in [0.25, 0.3) is 0 Å². The summed E-state index contributed by atoms with van der Waals surface area (Å²) in [5, 5.41) is 10.8. The predicted octanol–water partition coefficient (Wildman–Crippen LogP) is 0.917. The second-order valence-corrected chi connectivity index (χ2v) is 8.29. The Morgan fingerprint density at radius 1 is 1.04 bits per heavy atom. The van der Waals surface area contributed by atoms with Crippen LogP contribution in [-0.4, -0.2) is 83.3 Å². The van der Waals surface area contributed by atoms with Gasteiger partial charge in [-0.3, -0.25) is 9.88 Å². The maximum Gasteiger partial charge on any atom is 0.150 e. The molecule has 0 radical (unpaired) electrons.